The second-order valence-electron chi connectivity index (χ2n) is 6.20. The first-order valence-corrected chi connectivity index (χ1v) is 7.27. The van der Waals surface area contributed by atoms with E-state index in [2.05, 4.69) is 27.7 Å². The summed E-state index contributed by atoms with van der Waals surface area (Å²) in [6.07, 6.45) is 0. The SMILES string of the molecule is Cc1c(C(=O)N(CC(C)C)CC(C)C)cccc1[N+](=O)[O-]. The van der Waals surface area contributed by atoms with Crippen molar-refractivity contribution in [2.75, 3.05) is 13.1 Å². The van der Waals surface area contributed by atoms with E-state index in [1.165, 1.54) is 6.07 Å². The van der Waals surface area contributed by atoms with Gasteiger partial charge in [0.15, 0.2) is 0 Å². The summed E-state index contributed by atoms with van der Waals surface area (Å²) in [6.45, 7) is 11.2. The molecule has 1 amide bonds. The van der Waals surface area contributed by atoms with Gasteiger partial charge in [-0.3, -0.25) is 14.9 Å². The van der Waals surface area contributed by atoms with Gasteiger partial charge >= 0.3 is 0 Å². The summed E-state index contributed by atoms with van der Waals surface area (Å²) >= 11 is 0. The molecule has 0 aliphatic carbocycles. The standard InChI is InChI=1S/C16H24N2O3/c1-11(2)9-17(10-12(3)4)16(19)14-7-6-8-15(13(14)5)18(20)21/h6-8,11-12H,9-10H2,1-5H3. The average Bonchev–Trinajstić information content (AvgIpc) is 2.36. The number of amides is 1. The van der Waals surface area contributed by atoms with Crippen molar-refractivity contribution < 1.29 is 9.72 Å². The molecule has 0 heterocycles. The maximum absolute atomic E-state index is 12.7. The molecule has 0 fully saturated rings. The Morgan fingerprint density at radius 3 is 2.14 bits per heavy atom. The Morgan fingerprint density at radius 2 is 1.71 bits per heavy atom. The molecule has 21 heavy (non-hydrogen) atoms. The number of hydrogen-bond acceptors (Lipinski definition) is 3. The molecule has 0 spiro atoms. The van der Waals surface area contributed by atoms with Gasteiger partial charge in [0, 0.05) is 30.3 Å². The highest BCUT2D eigenvalue weighted by Crippen LogP contribution is 2.23. The smallest absolute Gasteiger partial charge is 0.273 e. The van der Waals surface area contributed by atoms with E-state index >= 15 is 0 Å². The van der Waals surface area contributed by atoms with Crippen molar-refractivity contribution in [3.05, 3.63) is 39.4 Å². The molecule has 116 valence electrons. The Balaban J connectivity index is 3.14. The predicted molar refractivity (Wildman–Crippen MR) is 83.4 cm³/mol. The fraction of sp³-hybridized carbons (Fsp3) is 0.562. The number of carbonyl (C=O) groups excluding carboxylic acids is 1. The number of rotatable bonds is 6. The molecule has 1 aromatic rings. The van der Waals surface area contributed by atoms with Crippen LogP contribution in [0.15, 0.2) is 18.2 Å². The van der Waals surface area contributed by atoms with E-state index in [4.69, 9.17) is 0 Å². The van der Waals surface area contributed by atoms with Crippen LogP contribution in [-0.2, 0) is 0 Å². The third kappa shape index (κ3) is 4.55. The van der Waals surface area contributed by atoms with Crippen LogP contribution >= 0.6 is 0 Å². The van der Waals surface area contributed by atoms with Gasteiger partial charge in [0.25, 0.3) is 11.6 Å². The molecular weight excluding hydrogens is 268 g/mol. The monoisotopic (exact) mass is 292 g/mol. The molecule has 0 atom stereocenters. The number of carbonyl (C=O) groups is 1. The highest BCUT2D eigenvalue weighted by molar-refractivity contribution is 5.96. The molecule has 5 nitrogen and oxygen atoms in total. The Kier molecular flexibility index (Phi) is 5.88. The first-order valence-electron chi connectivity index (χ1n) is 7.27. The van der Waals surface area contributed by atoms with Crippen LogP contribution in [-0.4, -0.2) is 28.8 Å². The summed E-state index contributed by atoms with van der Waals surface area (Å²) in [5, 5.41) is 11.0. The van der Waals surface area contributed by atoms with Gasteiger partial charge in [0.1, 0.15) is 0 Å². The van der Waals surface area contributed by atoms with Gasteiger partial charge in [-0.15, -0.1) is 0 Å². The molecule has 0 saturated carbocycles. The summed E-state index contributed by atoms with van der Waals surface area (Å²) in [7, 11) is 0. The van der Waals surface area contributed by atoms with Gasteiger partial charge in [-0.2, -0.15) is 0 Å². The van der Waals surface area contributed by atoms with Crippen molar-refractivity contribution in [2.45, 2.75) is 34.6 Å². The van der Waals surface area contributed by atoms with E-state index in [0.29, 0.717) is 36.1 Å². The van der Waals surface area contributed by atoms with Crippen molar-refractivity contribution in [3.63, 3.8) is 0 Å². The van der Waals surface area contributed by atoms with Crippen LogP contribution in [0.2, 0.25) is 0 Å². The highest BCUT2D eigenvalue weighted by atomic mass is 16.6. The number of nitro benzene ring substituents is 1. The zero-order valence-corrected chi connectivity index (χ0v) is 13.4. The van der Waals surface area contributed by atoms with Gasteiger partial charge in [-0.1, -0.05) is 33.8 Å². The van der Waals surface area contributed by atoms with E-state index in [9.17, 15) is 14.9 Å². The molecule has 0 saturated heterocycles. The quantitative estimate of drug-likeness (QED) is 0.593. The van der Waals surface area contributed by atoms with Gasteiger partial charge in [0.2, 0.25) is 0 Å². The lowest BCUT2D eigenvalue weighted by Gasteiger charge is -2.27. The lowest BCUT2D eigenvalue weighted by atomic mass is 10.0. The highest BCUT2D eigenvalue weighted by Gasteiger charge is 2.23. The van der Waals surface area contributed by atoms with E-state index < -0.39 is 4.92 Å². The van der Waals surface area contributed by atoms with Crippen LogP contribution in [0.3, 0.4) is 0 Å². The number of benzene rings is 1. The van der Waals surface area contributed by atoms with Crippen molar-refractivity contribution in [3.8, 4) is 0 Å². The van der Waals surface area contributed by atoms with Crippen LogP contribution in [0.5, 0.6) is 0 Å². The summed E-state index contributed by atoms with van der Waals surface area (Å²) < 4.78 is 0. The summed E-state index contributed by atoms with van der Waals surface area (Å²) in [6, 6.07) is 4.67. The Morgan fingerprint density at radius 1 is 1.19 bits per heavy atom. The Labute approximate surface area is 126 Å². The maximum atomic E-state index is 12.7. The topological polar surface area (TPSA) is 63.5 Å². The van der Waals surface area contributed by atoms with Crippen LogP contribution in [0.4, 0.5) is 5.69 Å². The minimum atomic E-state index is -0.443. The fourth-order valence-electron chi connectivity index (χ4n) is 2.35. The zero-order valence-electron chi connectivity index (χ0n) is 13.4. The van der Waals surface area contributed by atoms with E-state index in [0.717, 1.165) is 0 Å². The van der Waals surface area contributed by atoms with Crippen molar-refractivity contribution >= 4 is 11.6 Å². The van der Waals surface area contributed by atoms with Gasteiger partial charge < -0.3 is 4.90 Å². The van der Waals surface area contributed by atoms with E-state index in [-0.39, 0.29) is 11.6 Å². The zero-order chi connectivity index (χ0) is 16.2. The molecule has 0 radical (unpaired) electrons. The molecular formula is C16H24N2O3. The van der Waals surface area contributed by atoms with Gasteiger partial charge in [-0.25, -0.2) is 0 Å². The van der Waals surface area contributed by atoms with Crippen molar-refractivity contribution in [1.29, 1.82) is 0 Å². The lowest BCUT2D eigenvalue weighted by Crippen LogP contribution is -2.37. The predicted octanol–water partition coefficient (Wildman–Crippen LogP) is 3.66. The van der Waals surface area contributed by atoms with Crippen molar-refractivity contribution in [1.82, 2.24) is 4.90 Å². The van der Waals surface area contributed by atoms with Gasteiger partial charge in [-0.05, 0) is 24.8 Å². The van der Waals surface area contributed by atoms with Crippen LogP contribution in [0.1, 0.15) is 43.6 Å². The van der Waals surface area contributed by atoms with Crippen LogP contribution in [0, 0.1) is 28.9 Å². The molecule has 0 bridgehead atoms. The van der Waals surface area contributed by atoms with Crippen LogP contribution < -0.4 is 0 Å². The second-order valence-corrected chi connectivity index (χ2v) is 6.20. The van der Waals surface area contributed by atoms with Crippen molar-refractivity contribution in [2.24, 2.45) is 11.8 Å². The molecule has 5 heteroatoms. The normalized spacial score (nSPS) is 11.0. The maximum Gasteiger partial charge on any atom is 0.273 e. The van der Waals surface area contributed by atoms with Crippen LogP contribution in [0.25, 0.3) is 0 Å². The largest absolute Gasteiger partial charge is 0.338 e. The number of hydrogen-bond donors (Lipinski definition) is 0. The first kappa shape index (κ1) is 17.1. The third-order valence-electron chi connectivity index (χ3n) is 3.19. The van der Waals surface area contributed by atoms with Gasteiger partial charge in [0.05, 0.1) is 4.92 Å². The summed E-state index contributed by atoms with van der Waals surface area (Å²) in [5.74, 6) is 0.581. The molecule has 0 aliphatic heterocycles. The molecule has 1 aromatic carbocycles. The first-order chi connectivity index (χ1) is 9.73. The second kappa shape index (κ2) is 7.20. The Hall–Kier alpha value is -1.91. The Bertz CT molecular complexity index is 514. The molecule has 0 N–H and O–H groups in total. The molecule has 0 aliphatic rings. The summed E-state index contributed by atoms with van der Waals surface area (Å²) in [5.41, 5.74) is 0.852. The summed E-state index contributed by atoms with van der Waals surface area (Å²) in [4.78, 5) is 25.1. The molecule has 1 rings (SSSR count). The third-order valence-corrected chi connectivity index (χ3v) is 3.19. The van der Waals surface area contributed by atoms with E-state index in [1.54, 1.807) is 24.0 Å². The minimum absolute atomic E-state index is 0.00473. The molecule has 0 unspecified atom stereocenters. The number of nitrogens with zero attached hydrogens (tertiary/aromatic N) is 2. The van der Waals surface area contributed by atoms with E-state index in [1.807, 2.05) is 0 Å². The lowest BCUT2D eigenvalue weighted by molar-refractivity contribution is -0.385. The fourth-order valence-corrected chi connectivity index (χ4v) is 2.35. The minimum Gasteiger partial charge on any atom is -0.338 e. The average molecular weight is 292 g/mol. The molecule has 0 aromatic heterocycles. The number of nitro groups is 1.